The molecule has 160 valence electrons. The average molecular weight is 409 g/mol. The molecule has 0 N–H and O–H groups in total. The first-order valence-corrected chi connectivity index (χ1v) is 10.4. The van der Waals surface area contributed by atoms with Gasteiger partial charge in [-0.25, -0.2) is 8.78 Å². The summed E-state index contributed by atoms with van der Waals surface area (Å²) in [6.07, 6.45) is -0.817. The molecule has 2 aliphatic heterocycles. The Balaban J connectivity index is 1.77. The molecule has 7 heteroatoms. The zero-order valence-electron chi connectivity index (χ0n) is 17.4. The van der Waals surface area contributed by atoms with Crippen molar-refractivity contribution in [3.8, 4) is 11.5 Å². The SMILES string of the molecule is COc1ccc2c3c1O[C@H]1C(OC)(OC)C[C@H](CC(F)F)C4C(C2)N(C)CCC341. The summed E-state index contributed by atoms with van der Waals surface area (Å²) in [4.78, 5) is 2.35. The lowest BCUT2D eigenvalue weighted by atomic mass is 9.47. The van der Waals surface area contributed by atoms with Crippen LogP contribution in [0.4, 0.5) is 8.78 Å². The minimum absolute atomic E-state index is 0.0690. The first-order chi connectivity index (χ1) is 13.9. The highest BCUT2D eigenvalue weighted by atomic mass is 19.3. The van der Waals surface area contributed by atoms with E-state index in [1.807, 2.05) is 6.07 Å². The van der Waals surface area contributed by atoms with Crippen LogP contribution in [0.5, 0.6) is 11.5 Å². The summed E-state index contributed by atoms with van der Waals surface area (Å²) < 4.78 is 51.5. The van der Waals surface area contributed by atoms with Crippen LogP contribution in [0.1, 0.15) is 30.4 Å². The van der Waals surface area contributed by atoms with Crippen molar-refractivity contribution in [3.63, 3.8) is 0 Å². The summed E-state index contributed by atoms with van der Waals surface area (Å²) in [7, 11) is 6.95. The van der Waals surface area contributed by atoms with Crippen LogP contribution in [0.25, 0.3) is 0 Å². The lowest BCUT2D eigenvalue weighted by Gasteiger charge is -2.63. The molecule has 0 aromatic heterocycles. The molecule has 3 unspecified atom stereocenters. The van der Waals surface area contributed by atoms with Crippen molar-refractivity contribution in [2.24, 2.45) is 11.8 Å². The molecule has 2 heterocycles. The van der Waals surface area contributed by atoms with Crippen LogP contribution in [0, 0.1) is 11.8 Å². The predicted octanol–water partition coefficient (Wildman–Crippen LogP) is 3.23. The molecule has 2 fully saturated rings. The molecule has 1 saturated carbocycles. The van der Waals surface area contributed by atoms with Gasteiger partial charge in [0.15, 0.2) is 17.6 Å². The van der Waals surface area contributed by atoms with Gasteiger partial charge in [-0.05, 0) is 49.9 Å². The van der Waals surface area contributed by atoms with Crippen LogP contribution < -0.4 is 9.47 Å². The van der Waals surface area contributed by atoms with Gasteiger partial charge in [0, 0.05) is 44.1 Å². The summed E-state index contributed by atoms with van der Waals surface area (Å²) in [5, 5.41) is 0. The number of rotatable bonds is 5. The third-order valence-corrected chi connectivity index (χ3v) is 8.11. The smallest absolute Gasteiger partial charge is 0.238 e. The number of halogens is 2. The predicted molar refractivity (Wildman–Crippen MR) is 103 cm³/mol. The van der Waals surface area contributed by atoms with Crippen molar-refractivity contribution < 1.29 is 27.7 Å². The Bertz CT molecular complexity index is 814. The molecular formula is C22H29F2NO4. The second-order valence-electron chi connectivity index (χ2n) is 9.01. The van der Waals surface area contributed by atoms with E-state index in [1.165, 1.54) is 5.56 Å². The summed E-state index contributed by atoms with van der Waals surface area (Å²) in [5.41, 5.74) is 1.97. The minimum Gasteiger partial charge on any atom is -0.493 e. The van der Waals surface area contributed by atoms with E-state index >= 15 is 0 Å². The minimum atomic E-state index is -2.36. The van der Waals surface area contributed by atoms with Crippen molar-refractivity contribution in [1.82, 2.24) is 4.90 Å². The molecule has 0 amide bonds. The molecule has 2 bridgehead atoms. The van der Waals surface area contributed by atoms with Crippen molar-refractivity contribution in [2.75, 3.05) is 34.9 Å². The molecule has 5 rings (SSSR count). The van der Waals surface area contributed by atoms with Gasteiger partial charge in [-0.15, -0.1) is 0 Å². The van der Waals surface area contributed by atoms with Gasteiger partial charge in [0.25, 0.3) is 0 Å². The van der Waals surface area contributed by atoms with Crippen LogP contribution >= 0.6 is 0 Å². The van der Waals surface area contributed by atoms with Crippen LogP contribution in [-0.4, -0.2) is 64.2 Å². The van der Waals surface area contributed by atoms with Crippen molar-refractivity contribution in [3.05, 3.63) is 23.3 Å². The van der Waals surface area contributed by atoms with Crippen molar-refractivity contribution >= 4 is 0 Å². The molecule has 4 aliphatic rings. The maximum atomic E-state index is 13.7. The van der Waals surface area contributed by atoms with Crippen LogP contribution in [0.2, 0.25) is 0 Å². The van der Waals surface area contributed by atoms with Crippen LogP contribution in [-0.2, 0) is 21.3 Å². The van der Waals surface area contributed by atoms with E-state index in [4.69, 9.17) is 18.9 Å². The third-order valence-electron chi connectivity index (χ3n) is 8.11. The molecule has 2 aliphatic carbocycles. The second kappa shape index (κ2) is 6.53. The zero-order valence-corrected chi connectivity index (χ0v) is 17.4. The van der Waals surface area contributed by atoms with E-state index in [-0.39, 0.29) is 30.4 Å². The average Bonchev–Trinajstić information content (AvgIpc) is 3.06. The Kier molecular flexibility index (Phi) is 4.39. The van der Waals surface area contributed by atoms with E-state index in [1.54, 1.807) is 21.3 Å². The number of ether oxygens (including phenoxy) is 4. The van der Waals surface area contributed by atoms with Gasteiger partial charge >= 0.3 is 0 Å². The molecule has 5 nitrogen and oxygen atoms in total. The molecule has 1 spiro atoms. The summed E-state index contributed by atoms with van der Waals surface area (Å²) >= 11 is 0. The maximum Gasteiger partial charge on any atom is 0.238 e. The highest BCUT2D eigenvalue weighted by Crippen LogP contribution is 2.67. The molecule has 1 saturated heterocycles. The lowest BCUT2D eigenvalue weighted by Crippen LogP contribution is -2.72. The van der Waals surface area contributed by atoms with Crippen LogP contribution in [0.15, 0.2) is 12.1 Å². The van der Waals surface area contributed by atoms with Crippen LogP contribution in [0.3, 0.4) is 0 Å². The topological polar surface area (TPSA) is 40.2 Å². The maximum absolute atomic E-state index is 13.7. The second-order valence-corrected chi connectivity index (χ2v) is 9.01. The summed E-state index contributed by atoms with van der Waals surface area (Å²) in [6.45, 7) is 0.891. The molecule has 1 aromatic rings. The molecule has 5 atom stereocenters. The molecule has 29 heavy (non-hydrogen) atoms. The first-order valence-electron chi connectivity index (χ1n) is 10.4. The van der Waals surface area contributed by atoms with E-state index < -0.39 is 17.6 Å². The van der Waals surface area contributed by atoms with Gasteiger partial charge in [-0.2, -0.15) is 0 Å². The largest absolute Gasteiger partial charge is 0.493 e. The van der Waals surface area contributed by atoms with Gasteiger partial charge in [0.1, 0.15) is 0 Å². The number of likely N-dealkylation sites (N-methyl/N-ethyl adjacent to an activating group) is 1. The molecule has 1 aromatic carbocycles. The highest BCUT2D eigenvalue weighted by molar-refractivity contribution is 5.61. The fourth-order valence-corrected chi connectivity index (χ4v) is 7.07. The zero-order chi connectivity index (χ0) is 20.6. The number of likely N-dealkylation sites (tertiary alicyclic amines) is 1. The number of benzene rings is 1. The highest BCUT2D eigenvalue weighted by Gasteiger charge is 2.72. The Morgan fingerprint density at radius 1 is 1.24 bits per heavy atom. The number of alkyl halides is 2. The standard InChI is InChI=1S/C22H29F2NO4/c1-25-8-7-21-17-13(10-16(23)24)11-22(27-3,28-4)20(21)29-19-15(26-2)6-5-12(18(19)21)9-14(17)25/h5-6,13-14,16-17,20H,7-11H2,1-4H3/t13-,14?,17?,20+,21?/m0/s1. The van der Waals surface area contributed by atoms with E-state index in [9.17, 15) is 8.78 Å². The normalized spacial score (nSPS) is 36.7. The van der Waals surface area contributed by atoms with E-state index in [0.29, 0.717) is 12.2 Å². The lowest BCUT2D eigenvalue weighted by molar-refractivity contribution is -0.305. The number of hydrogen-bond donors (Lipinski definition) is 0. The Labute approximate surface area is 170 Å². The fraction of sp³-hybridized carbons (Fsp3) is 0.727. The molecular weight excluding hydrogens is 380 g/mol. The van der Waals surface area contributed by atoms with Crippen molar-refractivity contribution in [1.29, 1.82) is 0 Å². The quantitative estimate of drug-likeness (QED) is 0.699. The Morgan fingerprint density at radius 3 is 2.66 bits per heavy atom. The fourth-order valence-electron chi connectivity index (χ4n) is 7.07. The molecule has 0 radical (unpaired) electrons. The summed E-state index contributed by atoms with van der Waals surface area (Å²) in [5.74, 6) is 0.233. The monoisotopic (exact) mass is 409 g/mol. The van der Waals surface area contributed by atoms with Gasteiger partial charge in [0.2, 0.25) is 12.2 Å². The van der Waals surface area contributed by atoms with Gasteiger partial charge in [-0.1, -0.05) is 6.07 Å². The third kappa shape index (κ3) is 2.35. The first kappa shape index (κ1) is 19.5. The summed E-state index contributed by atoms with van der Waals surface area (Å²) in [6, 6.07) is 4.28. The van der Waals surface area contributed by atoms with Gasteiger partial charge in [0.05, 0.1) is 7.11 Å². The number of nitrogens with zero attached hydrogens (tertiary/aromatic N) is 1. The Morgan fingerprint density at radius 2 is 2.00 bits per heavy atom. The van der Waals surface area contributed by atoms with E-state index in [2.05, 4.69) is 18.0 Å². The van der Waals surface area contributed by atoms with Gasteiger partial charge in [-0.3, -0.25) is 0 Å². The Hall–Kier alpha value is -1.44. The van der Waals surface area contributed by atoms with Gasteiger partial charge < -0.3 is 23.8 Å². The number of hydrogen-bond acceptors (Lipinski definition) is 5. The number of methoxy groups -OCH3 is 3. The van der Waals surface area contributed by atoms with E-state index in [0.717, 1.165) is 30.7 Å². The van der Waals surface area contributed by atoms with Crippen molar-refractivity contribution in [2.45, 2.75) is 55.5 Å². The number of piperidine rings is 1.